The molecule has 0 aliphatic rings. The first-order chi connectivity index (χ1) is 41.2. The lowest BCUT2D eigenvalue weighted by molar-refractivity contribution is -0.451. The number of terminal acetylenes is 12. The molecule has 0 spiro atoms. The minimum absolute atomic E-state index is 0.0168. The minimum atomic E-state index is -2.52. The first-order valence-electron chi connectivity index (χ1n) is 28.7. The Morgan fingerprint density at radius 3 is 1.52 bits per heavy atom. The maximum Gasteiger partial charge on any atom is 0.331 e. The molecule has 9 heteroatoms. The van der Waals surface area contributed by atoms with Crippen LogP contribution in [0.3, 0.4) is 0 Å². The highest BCUT2D eigenvalue weighted by Crippen LogP contribution is 2.48. The van der Waals surface area contributed by atoms with Crippen LogP contribution in [-0.4, -0.2) is 72.3 Å². The van der Waals surface area contributed by atoms with Crippen molar-refractivity contribution < 1.29 is 18.9 Å². The number of hydrogen-bond donors (Lipinski definition) is 3. The largest absolute Gasteiger partial charge is 0.423 e. The van der Waals surface area contributed by atoms with E-state index in [0.29, 0.717) is 127 Å². The third kappa shape index (κ3) is 24.1. The summed E-state index contributed by atoms with van der Waals surface area (Å²) in [6.07, 6.45) is 82.0. The van der Waals surface area contributed by atoms with Crippen LogP contribution >= 0.6 is 0 Å². The highest BCUT2D eigenvalue weighted by atomic mass is 16.9. The number of ether oxygens (including phenoxy) is 4. The van der Waals surface area contributed by atoms with Gasteiger partial charge in [0.25, 0.3) is 0 Å². The molecule has 0 fully saturated rings. The Hall–Kier alpha value is -8.84. The van der Waals surface area contributed by atoms with Gasteiger partial charge in [0.15, 0.2) is 5.72 Å². The van der Waals surface area contributed by atoms with Crippen LogP contribution in [0.25, 0.3) is 0 Å². The zero-order valence-corrected chi connectivity index (χ0v) is 49.7. The Labute approximate surface area is 513 Å². The molecule has 9 nitrogen and oxygen atoms in total. The summed E-state index contributed by atoms with van der Waals surface area (Å²) < 4.78 is 28.6. The van der Waals surface area contributed by atoms with Crippen LogP contribution in [-0.2, 0) is 31.8 Å². The van der Waals surface area contributed by atoms with E-state index < -0.39 is 41.0 Å². The number of nitrogens with zero attached hydrogens (tertiary/aromatic N) is 2. The smallest absolute Gasteiger partial charge is 0.331 e. The topological polar surface area (TPSA) is 121 Å². The summed E-state index contributed by atoms with van der Waals surface area (Å²) in [5.41, 5.74) is 19.9. The van der Waals surface area contributed by atoms with E-state index in [-0.39, 0.29) is 58.5 Å². The van der Waals surface area contributed by atoms with Gasteiger partial charge in [0.1, 0.15) is 18.4 Å². The number of benzene rings is 2. The van der Waals surface area contributed by atoms with Gasteiger partial charge in [-0.3, -0.25) is 16.4 Å². The van der Waals surface area contributed by atoms with E-state index in [2.05, 4.69) is 107 Å². The molecule has 0 radical (unpaired) electrons. The van der Waals surface area contributed by atoms with Crippen molar-refractivity contribution in [3.63, 3.8) is 0 Å². The lowest BCUT2D eigenvalue weighted by Gasteiger charge is -2.55. The van der Waals surface area contributed by atoms with Gasteiger partial charge in [-0.2, -0.15) is 0 Å². The molecule has 436 valence electrons. The summed E-state index contributed by atoms with van der Waals surface area (Å²) >= 11 is 0. The summed E-state index contributed by atoms with van der Waals surface area (Å²) in [6.45, 7) is 0.313. The average molecular weight is 1130 g/mol. The van der Waals surface area contributed by atoms with Gasteiger partial charge >= 0.3 is 5.97 Å². The molecule has 2 aromatic carbocycles. The number of unbranched alkanes of at least 4 members (excludes halogenated alkanes) is 9. The second-order valence-corrected chi connectivity index (χ2v) is 20.3. The second kappa shape index (κ2) is 41.2. The van der Waals surface area contributed by atoms with Crippen molar-refractivity contribution in [3.8, 4) is 184 Å². The molecule has 5 atom stereocenters. The van der Waals surface area contributed by atoms with Gasteiger partial charge in [0, 0.05) is 107 Å². The molecule has 0 bridgehead atoms. The molecule has 2 aromatic rings. The Balaban J connectivity index is 3.47. The van der Waals surface area contributed by atoms with Crippen molar-refractivity contribution >= 4 is 0 Å². The number of hydrogen-bond acceptors (Lipinski definition) is 9. The van der Waals surface area contributed by atoms with Crippen molar-refractivity contribution in [1.82, 2.24) is 9.80 Å². The van der Waals surface area contributed by atoms with Gasteiger partial charge in [-0.15, -0.1) is 124 Å². The molecule has 5 unspecified atom stereocenters. The maximum absolute atomic E-state index is 8.14. The van der Waals surface area contributed by atoms with Gasteiger partial charge in [-0.05, 0) is 99.1 Å². The van der Waals surface area contributed by atoms with E-state index >= 15 is 0 Å². The summed E-state index contributed by atoms with van der Waals surface area (Å²) in [4.78, 5) is 3.50. The second-order valence-electron chi connectivity index (χ2n) is 20.3. The maximum atomic E-state index is 8.14. The summed E-state index contributed by atoms with van der Waals surface area (Å²) in [7, 11) is 0. The Morgan fingerprint density at radius 1 is 0.494 bits per heavy atom. The zero-order chi connectivity index (χ0) is 62.6. The van der Waals surface area contributed by atoms with Gasteiger partial charge in [-0.25, -0.2) is 0 Å². The van der Waals surface area contributed by atoms with Crippen molar-refractivity contribution in [3.05, 3.63) is 70.8 Å². The first-order valence-corrected chi connectivity index (χ1v) is 28.7. The molecule has 0 aliphatic heterocycles. The molecule has 0 heterocycles. The quantitative estimate of drug-likeness (QED) is 0.0262. The number of nitrogens with two attached hydrogens (primary N) is 3. The minimum Gasteiger partial charge on any atom is -0.423 e. The standard InChI is InChI=1S/C76H83N5O4/c1-13-25-32-36-52-72(53-37-33-26-14-2,54-38-34-27-15-3)75(79,55-31-19-7)85-76(83-62-22-10,84-63-41-35-28-16-4)74(78,81(60-39-29-17-5)61-40-30-18-6)56-64-82-73(77,66-70-50-46-68(24-12)47-51-70)71(43-42-59-80(57-20-8)58-21-9)65-69-48-44-67(23-11)45-49-69/h1-12,44-51,71H,25-37,39-41,43,52-53,55,57-58,60-63,65-66,77-79H2. The van der Waals surface area contributed by atoms with Crippen molar-refractivity contribution in [2.45, 2.75) is 164 Å². The molecule has 85 heavy (non-hydrogen) atoms. The molecule has 2 rings (SSSR count). The van der Waals surface area contributed by atoms with E-state index in [1.807, 2.05) is 53.4 Å². The third-order valence-electron chi connectivity index (χ3n) is 14.2. The van der Waals surface area contributed by atoms with E-state index in [9.17, 15) is 0 Å². The van der Waals surface area contributed by atoms with Crippen molar-refractivity contribution in [1.29, 1.82) is 0 Å². The fourth-order valence-corrected chi connectivity index (χ4v) is 9.54. The van der Waals surface area contributed by atoms with Crippen molar-refractivity contribution in [2.24, 2.45) is 28.5 Å². The van der Waals surface area contributed by atoms with Gasteiger partial charge in [0.05, 0.1) is 25.1 Å². The van der Waals surface area contributed by atoms with Crippen LogP contribution in [0.5, 0.6) is 0 Å². The predicted octanol–water partition coefficient (Wildman–Crippen LogP) is 9.39. The lowest BCUT2D eigenvalue weighted by Crippen LogP contribution is -2.76. The Morgan fingerprint density at radius 2 is 1.01 bits per heavy atom. The third-order valence-corrected chi connectivity index (χ3v) is 14.2. The predicted molar refractivity (Wildman–Crippen MR) is 347 cm³/mol. The molecule has 6 N–H and O–H groups in total. The SMILES string of the molecule is C#CCCC#CC(CCCCC#C)(CCCCC#C)C(N)(CCC#C)OC(OCC#C)(OCCCCC#C)C(N)(C#COC(N)(Cc1ccc(C#C)cc1)C(CC#CN(CC#C)CC#C)Cc1ccc(C#C)cc1)N(CCCC#C)CCCC#C. The van der Waals surface area contributed by atoms with Crippen LogP contribution in [0.15, 0.2) is 48.5 Å². The molecule has 0 aromatic heterocycles. The van der Waals surface area contributed by atoms with Crippen LogP contribution in [0.1, 0.15) is 151 Å². The molecule has 0 saturated heterocycles. The van der Waals surface area contributed by atoms with Gasteiger partial charge in [-0.1, -0.05) is 78.6 Å². The fraction of sp³-hybridized carbons (Fsp3) is 0.447. The van der Waals surface area contributed by atoms with E-state index in [1.165, 1.54) is 0 Å². The van der Waals surface area contributed by atoms with E-state index in [1.54, 1.807) is 4.90 Å². The molecular weight excluding hydrogens is 1050 g/mol. The van der Waals surface area contributed by atoms with Crippen LogP contribution < -0.4 is 17.2 Å². The van der Waals surface area contributed by atoms with Crippen LogP contribution in [0, 0.1) is 195 Å². The fourth-order valence-electron chi connectivity index (χ4n) is 9.54. The summed E-state index contributed by atoms with van der Waals surface area (Å²) in [5.74, 6) is 42.8. The monoisotopic (exact) mass is 1130 g/mol. The molecule has 0 amide bonds. The van der Waals surface area contributed by atoms with Gasteiger partial charge in [0.2, 0.25) is 5.66 Å². The van der Waals surface area contributed by atoms with Crippen LogP contribution in [0.2, 0.25) is 0 Å². The first kappa shape index (κ1) is 72.3. The Bertz CT molecular complexity index is 3070. The lowest BCUT2D eigenvalue weighted by atomic mass is 9.68. The highest BCUT2D eigenvalue weighted by molar-refractivity contribution is 5.36. The van der Waals surface area contributed by atoms with Gasteiger partial charge < -0.3 is 29.6 Å². The van der Waals surface area contributed by atoms with E-state index in [0.717, 1.165) is 11.1 Å². The molecule has 0 saturated carbocycles. The van der Waals surface area contributed by atoms with E-state index in [4.69, 9.17) is 113 Å². The normalized spacial score (nSPS) is 13.4. The summed E-state index contributed by atoms with van der Waals surface area (Å²) in [5, 5.41) is 0. The Kier molecular flexibility index (Phi) is 35.0. The summed E-state index contributed by atoms with van der Waals surface area (Å²) in [6, 6.07) is 18.1. The highest BCUT2D eigenvalue weighted by Gasteiger charge is 2.63. The van der Waals surface area contributed by atoms with Crippen LogP contribution in [0.4, 0.5) is 0 Å². The average Bonchev–Trinajstić information content (AvgIpc) is 0.933. The van der Waals surface area contributed by atoms with Crippen molar-refractivity contribution in [2.75, 3.05) is 39.4 Å². The molecule has 0 aliphatic carbocycles. The molecular formula is C76H83N5O4. The zero-order valence-electron chi connectivity index (χ0n) is 49.7. The number of rotatable bonds is 38.